The van der Waals surface area contributed by atoms with Crippen molar-refractivity contribution in [2.24, 2.45) is 11.1 Å². The normalized spacial score (nSPS) is 18.4. The van der Waals surface area contributed by atoms with Crippen molar-refractivity contribution < 1.29 is 4.79 Å². The Labute approximate surface area is 146 Å². The third-order valence-electron chi connectivity index (χ3n) is 4.76. The summed E-state index contributed by atoms with van der Waals surface area (Å²) in [6.07, 6.45) is 0. The molecular weight excluding hydrogens is 300 g/mol. The molecule has 1 aliphatic heterocycles. The Balaban J connectivity index is 1.86. The minimum Gasteiger partial charge on any atom is -0.325 e. The van der Waals surface area contributed by atoms with Gasteiger partial charge in [-0.05, 0) is 29.7 Å². The van der Waals surface area contributed by atoms with Crippen LogP contribution in [0.25, 0.3) is 0 Å². The van der Waals surface area contributed by atoms with E-state index in [1.54, 1.807) is 0 Å². The predicted octanol–water partition coefficient (Wildman–Crippen LogP) is 2.14. The number of carbonyl (C=O) groups excluding carboxylic acids is 1. The first-order valence-corrected chi connectivity index (χ1v) is 8.89. The largest absolute Gasteiger partial charge is 0.325 e. The quantitative estimate of drug-likeness (QED) is 0.867. The molecule has 0 saturated carbocycles. The first-order valence-electron chi connectivity index (χ1n) is 8.89. The lowest BCUT2D eigenvalue weighted by molar-refractivity contribution is -0.119. The van der Waals surface area contributed by atoms with Gasteiger partial charge in [-0.2, -0.15) is 0 Å². The fourth-order valence-electron chi connectivity index (χ4n) is 2.83. The van der Waals surface area contributed by atoms with E-state index in [9.17, 15) is 4.79 Å². The van der Waals surface area contributed by atoms with E-state index in [-0.39, 0.29) is 11.3 Å². The number of rotatable bonds is 5. The van der Waals surface area contributed by atoms with Crippen molar-refractivity contribution in [3.05, 3.63) is 29.8 Å². The molecule has 0 radical (unpaired) electrons. The van der Waals surface area contributed by atoms with Gasteiger partial charge in [0.25, 0.3) is 0 Å². The van der Waals surface area contributed by atoms with Gasteiger partial charge in [-0.25, -0.2) is 0 Å². The summed E-state index contributed by atoms with van der Waals surface area (Å²) >= 11 is 0. The SMILES string of the molecule is CCN1CCN(Cc2ccc(NC(=O)[C@@H](N)C(C)(C)C)cc2)CC1. The molecular formula is C19H32N4O. The number of benzene rings is 1. The highest BCUT2D eigenvalue weighted by Gasteiger charge is 2.27. The van der Waals surface area contributed by atoms with Gasteiger partial charge in [0.2, 0.25) is 5.91 Å². The van der Waals surface area contributed by atoms with Crippen molar-refractivity contribution in [2.75, 3.05) is 38.0 Å². The molecule has 3 N–H and O–H groups in total. The average molecular weight is 332 g/mol. The highest BCUT2D eigenvalue weighted by atomic mass is 16.2. The Kier molecular flexibility index (Phi) is 6.38. The molecule has 0 aromatic heterocycles. The molecule has 1 aromatic carbocycles. The highest BCUT2D eigenvalue weighted by Crippen LogP contribution is 2.19. The number of anilines is 1. The summed E-state index contributed by atoms with van der Waals surface area (Å²) in [5.74, 6) is -0.133. The molecule has 1 heterocycles. The van der Waals surface area contributed by atoms with Gasteiger partial charge in [0, 0.05) is 38.4 Å². The fraction of sp³-hybridized carbons (Fsp3) is 0.632. The zero-order chi connectivity index (χ0) is 17.7. The number of nitrogens with one attached hydrogen (secondary N) is 1. The Hall–Kier alpha value is -1.43. The minimum absolute atomic E-state index is 0.133. The third-order valence-corrected chi connectivity index (χ3v) is 4.76. The molecule has 1 fully saturated rings. The Morgan fingerprint density at radius 2 is 1.67 bits per heavy atom. The first-order chi connectivity index (χ1) is 11.3. The molecule has 1 aromatic rings. The average Bonchev–Trinajstić information content (AvgIpc) is 2.55. The number of piperazine rings is 1. The monoisotopic (exact) mass is 332 g/mol. The molecule has 1 aliphatic rings. The van der Waals surface area contributed by atoms with Gasteiger partial charge in [0.05, 0.1) is 6.04 Å². The predicted molar refractivity (Wildman–Crippen MR) is 99.9 cm³/mol. The van der Waals surface area contributed by atoms with Crippen molar-refractivity contribution >= 4 is 11.6 Å². The summed E-state index contributed by atoms with van der Waals surface area (Å²) in [7, 11) is 0. The molecule has 1 saturated heterocycles. The maximum Gasteiger partial charge on any atom is 0.241 e. The van der Waals surface area contributed by atoms with E-state index in [1.165, 1.54) is 5.56 Å². The van der Waals surface area contributed by atoms with Crippen molar-refractivity contribution in [1.82, 2.24) is 9.80 Å². The van der Waals surface area contributed by atoms with E-state index in [1.807, 2.05) is 32.9 Å². The molecule has 2 rings (SSSR count). The maximum atomic E-state index is 12.2. The highest BCUT2D eigenvalue weighted by molar-refractivity contribution is 5.95. The van der Waals surface area contributed by atoms with Gasteiger partial charge >= 0.3 is 0 Å². The summed E-state index contributed by atoms with van der Waals surface area (Å²) in [6, 6.07) is 7.58. The zero-order valence-corrected chi connectivity index (χ0v) is 15.5. The summed E-state index contributed by atoms with van der Waals surface area (Å²) in [4.78, 5) is 17.1. The second-order valence-corrected chi connectivity index (χ2v) is 7.74. The van der Waals surface area contributed by atoms with E-state index in [0.29, 0.717) is 0 Å². The van der Waals surface area contributed by atoms with Gasteiger partial charge in [-0.1, -0.05) is 39.8 Å². The number of hydrogen-bond acceptors (Lipinski definition) is 4. The lowest BCUT2D eigenvalue weighted by Gasteiger charge is -2.34. The Bertz CT molecular complexity index is 527. The molecule has 0 bridgehead atoms. The number of likely N-dealkylation sites (N-methyl/N-ethyl adjacent to an activating group) is 1. The van der Waals surface area contributed by atoms with Crippen molar-refractivity contribution in [1.29, 1.82) is 0 Å². The van der Waals surface area contributed by atoms with Gasteiger partial charge in [-0.3, -0.25) is 9.69 Å². The lowest BCUT2D eigenvalue weighted by atomic mass is 9.87. The first kappa shape index (κ1) is 18.9. The summed E-state index contributed by atoms with van der Waals surface area (Å²) in [5, 5.41) is 2.91. The number of nitrogens with zero attached hydrogens (tertiary/aromatic N) is 2. The van der Waals surface area contributed by atoms with Crippen LogP contribution in [0.1, 0.15) is 33.3 Å². The number of carbonyl (C=O) groups is 1. The van der Waals surface area contributed by atoms with E-state index in [4.69, 9.17) is 5.73 Å². The van der Waals surface area contributed by atoms with E-state index in [2.05, 4.69) is 34.2 Å². The van der Waals surface area contributed by atoms with Gasteiger partial charge in [-0.15, -0.1) is 0 Å². The van der Waals surface area contributed by atoms with Gasteiger partial charge in [0.15, 0.2) is 0 Å². The summed E-state index contributed by atoms with van der Waals surface area (Å²) in [6.45, 7) is 14.8. The van der Waals surface area contributed by atoms with E-state index >= 15 is 0 Å². The Morgan fingerprint density at radius 1 is 1.12 bits per heavy atom. The fourth-order valence-corrected chi connectivity index (χ4v) is 2.83. The van der Waals surface area contributed by atoms with Crippen LogP contribution >= 0.6 is 0 Å². The molecule has 5 nitrogen and oxygen atoms in total. The molecule has 134 valence electrons. The number of nitrogens with two attached hydrogens (primary N) is 1. The van der Waals surface area contributed by atoms with Crippen molar-refractivity contribution in [3.63, 3.8) is 0 Å². The van der Waals surface area contributed by atoms with E-state index < -0.39 is 6.04 Å². The van der Waals surface area contributed by atoms with Crippen molar-refractivity contribution in [2.45, 2.75) is 40.3 Å². The number of hydrogen-bond donors (Lipinski definition) is 2. The molecule has 0 spiro atoms. The molecule has 0 unspecified atom stereocenters. The second kappa shape index (κ2) is 8.10. The zero-order valence-electron chi connectivity index (χ0n) is 15.5. The third kappa shape index (κ3) is 5.30. The topological polar surface area (TPSA) is 61.6 Å². The maximum absolute atomic E-state index is 12.2. The van der Waals surface area contributed by atoms with Crippen LogP contribution in [-0.2, 0) is 11.3 Å². The molecule has 5 heteroatoms. The van der Waals surface area contributed by atoms with Crippen LogP contribution < -0.4 is 11.1 Å². The van der Waals surface area contributed by atoms with Gasteiger partial charge < -0.3 is 16.0 Å². The lowest BCUT2D eigenvalue weighted by Crippen LogP contribution is -2.45. The van der Waals surface area contributed by atoms with Crippen molar-refractivity contribution in [3.8, 4) is 0 Å². The molecule has 0 aliphatic carbocycles. The van der Waals surface area contributed by atoms with Crippen LogP contribution in [0.4, 0.5) is 5.69 Å². The minimum atomic E-state index is -0.521. The Morgan fingerprint density at radius 3 is 2.17 bits per heavy atom. The summed E-state index contributed by atoms with van der Waals surface area (Å²) in [5.41, 5.74) is 7.83. The molecule has 24 heavy (non-hydrogen) atoms. The van der Waals surface area contributed by atoms with Crippen LogP contribution in [0.5, 0.6) is 0 Å². The van der Waals surface area contributed by atoms with Crippen LogP contribution in [0, 0.1) is 5.41 Å². The summed E-state index contributed by atoms with van der Waals surface area (Å²) < 4.78 is 0. The van der Waals surface area contributed by atoms with Crippen LogP contribution in [0.2, 0.25) is 0 Å². The molecule has 1 atom stereocenters. The number of amides is 1. The van der Waals surface area contributed by atoms with Crippen LogP contribution in [0.3, 0.4) is 0 Å². The second-order valence-electron chi connectivity index (χ2n) is 7.74. The van der Waals surface area contributed by atoms with Crippen LogP contribution in [0.15, 0.2) is 24.3 Å². The molecule has 1 amide bonds. The standard InChI is InChI=1S/C19H32N4O/c1-5-22-10-12-23(13-11-22)14-15-6-8-16(9-7-15)21-18(24)17(20)19(2,3)4/h6-9,17H,5,10-14,20H2,1-4H3,(H,21,24)/t17-/m1/s1. The van der Waals surface area contributed by atoms with Crippen LogP contribution in [-0.4, -0.2) is 54.5 Å². The van der Waals surface area contributed by atoms with Gasteiger partial charge in [0.1, 0.15) is 0 Å². The smallest absolute Gasteiger partial charge is 0.241 e. The van der Waals surface area contributed by atoms with E-state index in [0.717, 1.165) is 45.0 Å².